The van der Waals surface area contributed by atoms with E-state index in [0.29, 0.717) is 13.1 Å². The van der Waals surface area contributed by atoms with Crippen molar-refractivity contribution in [2.45, 2.75) is 61.4 Å². The maximum atomic E-state index is 12.8. The van der Waals surface area contributed by atoms with Gasteiger partial charge in [0.1, 0.15) is 5.69 Å². The molecular formula is C17H22F2N2O5S. The van der Waals surface area contributed by atoms with Crippen LogP contribution in [0.5, 0.6) is 0 Å². The molecule has 0 bridgehead atoms. The van der Waals surface area contributed by atoms with Gasteiger partial charge in [0.25, 0.3) is 5.69 Å². The fourth-order valence-electron chi connectivity index (χ4n) is 4.16. The standard InChI is InChI=1S/C17H22F2N2O5S/c1-16(2)10-20(11-17(26-16)7-3-4-8-17)13-6-5-12(9-14(13)21(22)23)27(24,25)15(18)19/h5-6,9,15H,3-4,7-8,10-11H2,1-2H3. The molecule has 1 aromatic carbocycles. The van der Waals surface area contributed by atoms with Crippen molar-refractivity contribution >= 4 is 21.2 Å². The summed E-state index contributed by atoms with van der Waals surface area (Å²) < 4.78 is 55.3. The summed E-state index contributed by atoms with van der Waals surface area (Å²) in [6.07, 6.45) is 3.71. The Hall–Kier alpha value is -1.81. The van der Waals surface area contributed by atoms with Gasteiger partial charge in [0.05, 0.1) is 21.0 Å². The Morgan fingerprint density at radius 1 is 1.22 bits per heavy atom. The summed E-state index contributed by atoms with van der Waals surface area (Å²) in [5.74, 6) is -3.63. The molecular weight excluding hydrogens is 382 g/mol. The molecule has 1 aromatic rings. The average Bonchev–Trinajstić information content (AvgIpc) is 2.99. The molecule has 0 atom stereocenters. The number of hydrogen-bond acceptors (Lipinski definition) is 6. The van der Waals surface area contributed by atoms with Crippen LogP contribution in [0.25, 0.3) is 0 Å². The zero-order chi connectivity index (χ0) is 20.0. The number of nitrogens with zero attached hydrogens (tertiary/aromatic N) is 2. The number of nitro benzene ring substituents is 1. The number of anilines is 1. The van der Waals surface area contributed by atoms with E-state index in [9.17, 15) is 27.3 Å². The number of morpholine rings is 1. The van der Waals surface area contributed by atoms with Crippen molar-refractivity contribution in [3.05, 3.63) is 28.3 Å². The Kier molecular flexibility index (Phi) is 4.92. The average molecular weight is 404 g/mol. The molecule has 1 saturated carbocycles. The van der Waals surface area contributed by atoms with Crippen LogP contribution in [0.1, 0.15) is 39.5 Å². The first kappa shape index (κ1) is 19.9. The highest BCUT2D eigenvalue weighted by Gasteiger charge is 2.47. The van der Waals surface area contributed by atoms with Crippen molar-refractivity contribution in [2.75, 3.05) is 18.0 Å². The molecule has 2 fully saturated rings. The van der Waals surface area contributed by atoms with Crippen LogP contribution in [0.2, 0.25) is 0 Å². The molecule has 0 aromatic heterocycles. The van der Waals surface area contributed by atoms with Crippen molar-refractivity contribution < 1.29 is 26.9 Å². The monoisotopic (exact) mass is 404 g/mol. The van der Waals surface area contributed by atoms with Gasteiger partial charge in [-0.15, -0.1) is 0 Å². The van der Waals surface area contributed by atoms with Crippen molar-refractivity contribution in [1.82, 2.24) is 0 Å². The lowest BCUT2D eigenvalue weighted by molar-refractivity contribution is -0.384. The summed E-state index contributed by atoms with van der Waals surface area (Å²) in [5.41, 5.74) is -1.23. The maximum Gasteiger partial charge on any atom is 0.341 e. The molecule has 7 nitrogen and oxygen atoms in total. The van der Waals surface area contributed by atoms with E-state index in [1.54, 1.807) is 0 Å². The number of sulfone groups is 1. The van der Waals surface area contributed by atoms with Crippen molar-refractivity contribution in [3.8, 4) is 0 Å². The summed E-state index contributed by atoms with van der Waals surface area (Å²) >= 11 is 0. The quantitative estimate of drug-likeness (QED) is 0.563. The smallest absolute Gasteiger partial charge is 0.341 e. The number of halogens is 2. The molecule has 0 unspecified atom stereocenters. The third-order valence-electron chi connectivity index (χ3n) is 5.11. The van der Waals surface area contributed by atoms with E-state index in [-0.39, 0.29) is 5.69 Å². The third-order valence-corrected chi connectivity index (χ3v) is 6.49. The summed E-state index contributed by atoms with van der Waals surface area (Å²) in [6.45, 7) is 4.62. The lowest BCUT2D eigenvalue weighted by atomic mass is 9.93. The molecule has 1 heterocycles. The van der Waals surface area contributed by atoms with Gasteiger partial charge in [0.15, 0.2) is 0 Å². The minimum atomic E-state index is -4.91. The van der Waals surface area contributed by atoms with Gasteiger partial charge in [-0.3, -0.25) is 10.1 Å². The highest BCUT2D eigenvalue weighted by Crippen LogP contribution is 2.43. The Labute approximate surface area is 156 Å². The molecule has 0 radical (unpaired) electrons. The van der Waals surface area contributed by atoms with Crippen LogP contribution >= 0.6 is 0 Å². The van der Waals surface area contributed by atoms with Crippen molar-refractivity contribution in [1.29, 1.82) is 0 Å². The van der Waals surface area contributed by atoms with E-state index in [1.165, 1.54) is 6.07 Å². The van der Waals surface area contributed by atoms with Crippen LogP contribution in [0, 0.1) is 10.1 Å². The lowest BCUT2D eigenvalue weighted by Crippen LogP contribution is -2.58. The minimum Gasteiger partial charge on any atom is -0.365 e. The van der Waals surface area contributed by atoms with Gasteiger partial charge in [0, 0.05) is 19.2 Å². The fourth-order valence-corrected chi connectivity index (χ4v) is 4.90. The van der Waals surface area contributed by atoms with Gasteiger partial charge in [-0.05, 0) is 38.8 Å². The number of nitro groups is 1. The van der Waals surface area contributed by atoms with Gasteiger partial charge in [-0.25, -0.2) is 8.42 Å². The third kappa shape index (κ3) is 3.77. The lowest BCUT2D eigenvalue weighted by Gasteiger charge is -2.49. The number of ether oxygens (including phenoxy) is 1. The second-order valence-corrected chi connectivity index (χ2v) is 9.74. The molecule has 1 spiro atoms. The second kappa shape index (κ2) is 6.66. The van der Waals surface area contributed by atoms with Crippen molar-refractivity contribution in [3.63, 3.8) is 0 Å². The predicted molar refractivity (Wildman–Crippen MR) is 94.9 cm³/mol. The van der Waals surface area contributed by atoms with E-state index >= 15 is 0 Å². The fraction of sp³-hybridized carbons (Fsp3) is 0.647. The Bertz CT molecular complexity index is 851. The van der Waals surface area contributed by atoms with E-state index in [0.717, 1.165) is 37.8 Å². The van der Waals surface area contributed by atoms with Crippen LogP contribution < -0.4 is 4.90 Å². The van der Waals surface area contributed by atoms with Crippen LogP contribution in [0.15, 0.2) is 23.1 Å². The Balaban J connectivity index is 2.04. The van der Waals surface area contributed by atoms with Crippen LogP contribution in [0.4, 0.5) is 20.2 Å². The summed E-state index contributed by atoms with van der Waals surface area (Å²) in [4.78, 5) is 11.9. The zero-order valence-electron chi connectivity index (χ0n) is 15.2. The summed E-state index contributed by atoms with van der Waals surface area (Å²) in [7, 11) is -4.91. The summed E-state index contributed by atoms with van der Waals surface area (Å²) in [6, 6.07) is 2.98. The first-order valence-corrected chi connectivity index (χ1v) is 10.3. The van der Waals surface area contributed by atoms with E-state index < -0.39 is 42.3 Å². The minimum absolute atomic E-state index is 0.218. The van der Waals surface area contributed by atoms with Crippen LogP contribution in [-0.4, -0.2) is 43.4 Å². The maximum absolute atomic E-state index is 12.8. The molecule has 3 rings (SSSR count). The van der Waals surface area contributed by atoms with Gasteiger partial charge in [-0.1, -0.05) is 12.8 Å². The second-order valence-electron chi connectivity index (χ2n) is 7.82. The molecule has 1 saturated heterocycles. The highest BCUT2D eigenvalue weighted by atomic mass is 32.2. The molecule has 1 aliphatic heterocycles. The molecule has 0 amide bonds. The number of alkyl halides is 2. The first-order valence-electron chi connectivity index (χ1n) is 8.71. The van der Waals surface area contributed by atoms with Gasteiger partial charge >= 0.3 is 5.76 Å². The largest absolute Gasteiger partial charge is 0.365 e. The zero-order valence-corrected chi connectivity index (χ0v) is 16.0. The van der Waals surface area contributed by atoms with Gasteiger partial charge in [-0.2, -0.15) is 8.78 Å². The van der Waals surface area contributed by atoms with E-state index in [1.807, 2.05) is 18.7 Å². The molecule has 150 valence electrons. The number of benzene rings is 1. The van der Waals surface area contributed by atoms with Crippen LogP contribution in [0.3, 0.4) is 0 Å². The van der Waals surface area contributed by atoms with Crippen LogP contribution in [-0.2, 0) is 14.6 Å². The highest BCUT2D eigenvalue weighted by molar-refractivity contribution is 7.91. The van der Waals surface area contributed by atoms with E-state index in [2.05, 4.69) is 0 Å². The predicted octanol–water partition coefficient (Wildman–Crippen LogP) is 3.52. The molecule has 27 heavy (non-hydrogen) atoms. The SMILES string of the molecule is CC1(C)CN(c2ccc(S(=O)(=O)C(F)F)cc2[N+](=O)[O-])CC2(CCCC2)O1. The first-order chi connectivity index (χ1) is 12.5. The molecule has 1 aliphatic carbocycles. The van der Waals surface area contributed by atoms with E-state index in [4.69, 9.17) is 4.74 Å². The molecule has 2 aliphatic rings. The van der Waals surface area contributed by atoms with Crippen molar-refractivity contribution in [2.24, 2.45) is 0 Å². The topological polar surface area (TPSA) is 89.8 Å². The normalized spacial score (nSPS) is 21.7. The number of rotatable bonds is 4. The molecule has 0 N–H and O–H groups in total. The number of hydrogen-bond donors (Lipinski definition) is 0. The summed E-state index contributed by atoms with van der Waals surface area (Å²) in [5, 5.41) is 11.6. The molecule has 10 heteroatoms. The van der Waals surface area contributed by atoms with Gasteiger partial charge in [0.2, 0.25) is 9.84 Å². The Morgan fingerprint density at radius 3 is 2.41 bits per heavy atom. The Morgan fingerprint density at radius 2 is 1.85 bits per heavy atom. The van der Waals surface area contributed by atoms with Gasteiger partial charge < -0.3 is 9.64 Å².